The predicted octanol–water partition coefficient (Wildman–Crippen LogP) is 2.30. The lowest BCUT2D eigenvalue weighted by Gasteiger charge is -2.09. The van der Waals surface area contributed by atoms with Crippen LogP contribution in [-0.2, 0) is 0 Å². The zero-order chi connectivity index (χ0) is 15.4. The van der Waals surface area contributed by atoms with Gasteiger partial charge in [-0.05, 0) is 18.2 Å². The standard InChI is InChI=1S/C12H9ClN4O4/c1-21-12-8(3-2-5-15-12)16-11(18)7-4-6-14-10(13)9(7)17(19)20/h2-6H,1H3,(H,16,18). The summed E-state index contributed by atoms with van der Waals surface area (Å²) in [5.74, 6) is -0.522. The van der Waals surface area contributed by atoms with E-state index < -0.39 is 16.5 Å². The van der Waals surface area contributed by atoms with Crippen molar-refractivity contribution in [2.45, 2.75) is 0 Å². The van der Waals surface area contributed by atoms with E-state index in [-0.39, 0.29) is 22.3 Å². The molecule has 1 N–H and O–H groups in total. The number of anilines is 1. The topological polar surface area (TPSA) is 107 Å². The maximum absolute atomic E-state index is 12.2. The summed E-state index contributed by atoms with van der Waals surface area (Å²) in [6.07, 6.45) is 2.70. The molecule has 2 aromatic rings. The van der Waals surface area contributed by atoms with Crippen LogP contribution in [0.15, 0.2) is 30.6 Å². The number of nitrogens with one attached hydrogen (secondary N) is 1. The van der Waals surface area contributed by atoms with Crippen LogP contribution in [0.25, 0.3) is 0 Å². The molecule has 0 fully saturated rings. The minimum absolute atomic E-state index is 0.189. The largest absolute Gasteiger partial charge is 0.480 e. The van der Waals surface area contributed by atoms with Gasteiger partial charge in [0, 0.05) is 12.4 Å². The summed E-state index contributed by atoms with van der Waals surface area (Å²) in [6.45, 7) is 0. The van der Waals surface area contributed by atoms with E-state index in [9.17, 15) is 14.9 Å². The molecule has 2 heterocycles. The number of methoxy groups -OCH3 is 1. The van der Waals surface area contributed by atoms with Gasteiger partial charge in [-0.1, -0.05) is 11.6 Å². The molecule has 0 unspecified atom stereocenters. The summed E-state index contributed by atoms with van der Waals surface area (Å²) < 4.78 is 4.99. The first-order valence-electron chi connectivity index (χ1n) is 5.64. The van der Waals surface area contributed by atoms with Gasteiger partial charge in [0.2, 0.25) is 11.0 Å². The third-order valence-corrected chi connectivity index (χ3v) is 2.80. The number of aromatic nitrogens is 2. The third-order valence-electron chi connectivity index (χ3n) is 2.52. The Morgan fingerprint density at radius 3 is 2.81 bits per heavy atom. The van der Waals surface area contributed by atoms with Crippen LogP contribution in [0.3, 0.4) is 0 Å². The van der Waals surface area contributed by atoms with Crippen LogP contribution in [0.2, 0.25) is 5.15 Å². The van der Waals surface area contributed by atoms with E-state index in [1.807, 2.05) is 0 Å². The Balaban J connectivity index is 2.38. The average molecular weight is 309 g/mol. The highest BCUT2D eigenvalue weighted by molar-refractivity contribution is 6.32. The first kappa shape index (κ1) is 14.7. The van der Waals surface area contributed by atoms with Gasteiger partial charge in [0.15, 0.2) is 0 Å². The van der Waals surface area contributed by atoms with Crippen LogP contribution in [0.5, 0.6) is 5.88 Å². The third kappa shape index (κ3) is 3.06. The van der Waals surface area contributed by atoms with Gasteiger partial charge in [-0.25, -0.2) is 9.97 Å². The fraction of sp³-hybridized carbons (Fsp3) is 0.0833. The molecular formula is C12H9ClN4O4. The van der Waals surface area contributed by atoms with Crippen molar-refractivity contribution in [1.82, 2.24) is 9.97 Å². The average Bonchev–Trinajstić information content (AvgIpc) is 2.47. The Bertz CT molecular complexity index is 707. The maximum Gasteiger partial charge on any atom is 0.319 e. The van der Waals surface area contributed by atoms with Crippen molar-refractivity contribution >= 4 is 28.9 Å². The lowest BCUT2D eigenvalue weighted by Crippen LogP contribution is -2.15. The Labute approximate surface area is 123 Å². The van der Waals surface area contributed by atoms with Gasteiger partial charge >= 0.3 is 5.69 Å². The number of nitrogens with zero attached hydrogens (tertiary/aromatic N) is 3. The summed E-state index contributed by atoms with van der Waals surface area (Å²) in [5, 5.41) is 13.1. The second-order valence-corrected chi connectivity index (χ2v) is 4.13. The number of pyridine rings is 2. The number of rotatable bonds is 4. The molecule has 1 amide bonds. The smallest absolute Gasteiger partial charge is 0.319 e. The zero-order valence-electron chi connectivity index (χ0n) is 10.7. The van der Waals surface area contributed by atoms with Crippen LogP contribution < -0.4 is 10.1 Å². The van der Waals surface area contributed by atoms with E-state index >= 15 is 0 Å². The fourth-order valence-corrected chi connectivity index (χ4v) is 1.85. The molecule has 0 aliphatic heterocycles. The van der Waals surface area contributed by atoms with Crippen molar-refractivity contribution in [3.05, 3.63) is 51.4 Å². The molecule has 0 aromatic carbocycles. The van der Waals surface area contributed by atoms with E-state index in [0.29, 0.717) is 0 Å². The molecule has 9 heteroatoms. The minimum atomic E-state index is -0.759. The molecule has 21 heavy (non-hydrogen) atoms. The fourth-order valence-electron chi connectivity index (χ4n) is 1.62. The van der Waals surface area contributed by atoms with Crippen molar-refractivity contribution in [2.24, 2.45) is 0 Å². The summed E-state index contributed by atoms with van der Waals surface area (Å²) in [5.41, 5.74) is -0.474. The number of hydrogen-bond donors (Lipinski definition) is 1. The number of halogens is 1. The molecular weight excluding hydrogens is 300 g/mol. The van der Waals surface area contributed by atoms with Crippen molar-refractivity contribution in [3.8, 4) is 5.88 Å². The van der Waals surface area contributed by atoms with Gasteiger partial charge in [-0.3, -0.25) is 14.9 Å². The molecule has 8 nitrogen and oxygen atoms in total. The molecule has 2 aromatic heterocycles. The van der Waals surface area contributed by atoms with Crippen LogP contribution in [-0.4, -0.2) is 27.9 Å². The number of hydrogen-bond acceptors (Lipinski definition) is 6. The molecule has 2 rings (SSSR count). The van der Waals surface area contributed by atoms with Crippen LogP contribution >= 0.6 is 11.6 Å². The highest BCUT2D eigenvalue weighted by atomic mass is 35.5. The number of nitro groups is 1. The van der Waals surface area contributed by atoms with E-state index in [0.717, 1.165) is 0 Å². The molecule has 0 aliphatic rings. The molecule has 0 radical (unpaired) electrons. The summed E-state index contributed by atoms with van der Waals surface area (Å²) in [7, 11) is 1.39. The molecule has 0 spiro atoms. The SMILES string of the molecule is COc1ncccc1NC(=O)c1ccnc(Cl)c1[N+](=O)[O-]. The zero-order valence-corrected chi connectivity index (χ0v) is 11.5. The highest BCUT2D eigenvalue weighted by Gasteiger charge is 2.25. The molecule has 108 valence electrons. The Kier molecular flexibility index (Phi) is 4.29. The summed E-state index contributed by atoms with van der Waals surface area (Å²) in [4.78, 5) is 29.9. The lowest BCUT2D eigenvalue weighted by molar-refractivity contribution is -0.385. The van der Waals surface area contributed by atoms with Crippen LogP contribution in [0.1, 0.15) is 10.4 Å². The number of carbonyl (C=O) groups is 1. The van der Waals surface area contributed by atoms with Crippen molar-refractivity contribution < 1.29 is 14.5 Å². The van der Waals surface area contributed by atoms with Crippen molar-refractivity contribution in [3.63, 3.8) is 0 Å². The highest BCUT2D eigenvalue weighted by Crippen LogP contribution is 2.28. The maximum atomic E-state index is 12.2. The molecule has 0 bridgehead atoms. The van der Waals surface area contributed by atoms with E-state index in [2.05, 4.69) is 15.3 Å². The van der Waals surface area contributed by atoms with Crippen molar-refractivity contribution in [2.75, 3.05) is 12.4 Å². The number of carbonyl (C=O) groups excluding carboxylic acids is 1. The van der Waals surface area contributed by atoms with Gasteiger partial charge in [-0.15, -0.1) is 0 Å². The predicted molar refractivity (Wildman–Crippen MR) is 74.6 cm³/mol. The quantitative estimate of drug-likeness (QED) is 0.527. The second-order valence-electron chi connectivity index (χ2n) is 3.77. The van der Waals surface area contributed by atoms with Gasteiger partial charge in [0.25, 0.3) is 5.91 Å². The number of ether oxygens (including phenoxy) is 1. The molecule has 0 aliphatic carbocycles. The van der Waals surface area contributed by atoms with Crippen molar-refractivity contribution in [1.29, 1.82) is 0 Å². The van der Waals surface area contributed by atoms with Gasteiger partial charge in [-0.2, -0.15) is 0 Å². The second kappa shape index (κ2) is 6.14. The van der Waals surface area contributed by atoms with Crippen LogP contribution in [0, 0.1) is 10.1 Å². The monoisotopic (exact) mass is 308 g/mol. The van der Waals surface area contributed by atoms with E-state index in [1.165, 1.54) is 25.6 Å². The number of amides is 1. The first-order chi connectivity index (χ1) is 10.0. The summed E-state index contributed by atoms with van der Waals surface area (Å²) >= 11 is 5.66. The van der Waals surface area contributed by atoms with E-state index in [1.54, 1.807) is 12.1 Å². The molecule has 0 saturated carbocycles. The van der Waals surface area contributed by atoms with Gasteiger partial charge in [0.05, 0.1) is 12.0 Å². The minimum Gasteiger partial charge on any atom is -0.480 e. The Hall–Kier alpha value is -2.74. The Morgan fingerprint density at radius 2 is 2.14 bits per heavy atom. The normalized spacial score (nSPS) is 10.0. The Morgan fingerprint density at radius 1 is 1.38 bits per heavy atom. The first-order valence-corrected chi connectivity index (χ1v) is 6.01. The lowest BCUT2D eigenvalue weighted by atomic mass is 10.2. The van der Waals surface area contributed by atoms with Crippen LogP contribution in [0.4, 0.5) is 11.4 Å². The van der Waals surface area contributed by atoms with Gasteiger partial charge < -0.3 is 10.1 Å². The summed E-state index contributed by atoms with van der Waals surface area (Å²) in [6, 6.07) is 4.35. The molecule has 0 atom stereocenters. The van der Waals surface area contributed by atoms with E-state index in [4.69, 9.17) is 16.3 Å². The molecule has 0 saturated heterocycles. The van der Waals surface area contributed by atoms with Gasteiger partial charge in [0.1, 0.15) is 11.3 Å².